The van der Waals surface area contributed by atoms with E-state index in [1.807, 2.05) is 47.4 Å². The van der Waals surface area contributed by atoms with E-state index in [-0.39, 0.29) is 5.91 Å². The summed E-state index contributed by atoms with van der Waals surface area (Å²) in [6.45, 7) is 5.14. The molecule has 0 unspecified atom stereocenters. The maximum absolute atomic E-state index is 13.4. The molecule has 0 bridgehead atoms. The van der Waals surface area contributed by atoms with E-state index in [0.717, 1.165) is 46.0 Å². The summed E-state index contributed by atoms with van der Waals surface area (Å²) >= 11 is 6.20. The van der Waals surface area contributed by atoms with Gasteiger partial charge < -0.3 is 9.80 Å². The van der Waals surface area contributed by atoms with Gasteiger partial charge in [-0.3, -0.25) is 9.78 Å². The average Bonchev–Trinajstić information content (AvgIpc) is 3.60. The third-order valence-corrected chi connectivity index (χ3v) is 6.28. The summed E-state index contributed by atoms with van der Waals surface area (Å²) in [5.74, 6) is 0.641. The normalized spacial score (nSPS) is 17.0. The largest absolute Gasteiger partial charge is 0.368 e. The van der Waals surface area contributed by atoms with Gasteiger partial charge >= 0.3 is 0 Å². The number of rotatable bonds is 3. The van der Waals surface area contributed by atoms with Crippen LogP contribution in [0.25, 0.3) is 10.9 Å². The SMILES string of the molecule is Cc1ccc(Cl)cc1N1CCN(C(=O)c2cc(C3CC3)nc3ccccc23)CC1. The number of nitrogens with zero attached hydrogens (tertiary/aromatic N) is 3. The first-order chi connectivity index (χ1) is 14.1. The standard InChI is InChI=1S/C24H24ClN3O/c1-16-6-9-18(25)14-23(16)27-10-12-28(13-11-27)24(29)20-15-22(17-7-8-17)26-21-5-3-2-4-19(20)21/h2-6,9,14-15,17H,7-8,10-13H2,1H3. The number of halogens is 1. The van der Waals surface area contributed by atoms with Crippen LogP contribution in [0.1, 0.15) is 40.4 Å². The molecular formula is C24H24ClN3O. The molecular weight excluding hydrogens is 382 g/mol. The number of anilines is 1. The van der Waals surface area contributed by atoms with E-state index < -0.39 is 0 Å². The Balaban J connectivity index is 1.39. The van der Waals surface area contributed by atoms with Gasteiger partial charge in [-0.05, 0) is 49.6 Å². The van der Waals surface area contributed by atoms with Crippen molar-refractivity contribution >= 4 is 34.1 Å². The second-order valence-electron chi connectivity index (χ2n) is 8.10. The topological polar surface area (TPSA) is 36.4 Å². The van der Waals surface area contributed by atoms with Crippen molar-refractivity contribution in [1.82, 2.24) is 9.88 Å². The van der Waals surface area contributed by atoms with Gasteiger partial charge in [0, 0.05) is 53.9 Å². The lowest BCUT2D eigenvalue weighted by molar-refractivity contribution is 0.0748. The van der Waals surface area contributed by atoms with E-state index in [4.69, 9.17) is 16.6 Å². The van der Waals surface area contributed by atoms with Crippen LogP contribution >= 0.6 is 11.6 Å². The molecule has 4 nitrogen and oxygen atoms in total. The van der Waals surface area contributed by atoms with Gasteiger partial charge in [0.1, 0.15) is 0 Å². The van der Waals surface area contributed by atoms with Crippen LogP contribution in [-0.4, -0.2) is 42.0 Å². The number of amides is 1. The number of piperazine rings is 1. The Morgan fingerprint density at radius 1 is 1.03 bits per heavy atom. The molecule has 0 radical (unpaired) electrons. The monoisotopic (exact) mass is 405 g/mol. The van der Waals surface area contributed by atoms with Crippen molar-refractivity contribution in [3.8, 4) is 0 Å². The molecule has 2 fully saturated rings. The molecule has 2 heterocycles. The minimum absolute atomic E-state index is 0.118. The quantitative estimate of drug-likeness (QED) is 0.612. The van der Waals surface area contributed by atoms with Crippen LogP contribution in [0.5, 0.6) is 0 Å². The molecule has 1 saturated heterocycles. The van der Waals surface area contributed by atoms with Crippen molar-refractivity contribution in [2.45, 2.75) is 25.7 Å². The molecule has 5 rings (SSSR count). The van der Waals surface area contributed by atoms with Crippen LogP contribution in [0.2, 0.25) is 5.02 Å². The molecule has 29 heavy (non-hydrogen) atoms. The molecule has 0 atom stereocenters. The molecule has 5 heteroatoms. The zero-order valence-electron chi connectivity index (χ0n) is 16.6. The van der Waals surface area contributed by atoms with Gasteiger partial charge in [-0.25, -0.2) is 0 Å². The van der Waals surface area contributed by atoms with Crippen LogP contribution < -0.4 is 4.90 Å². The second kappa shape index (κ2) is 7.34. The second-order valence-corrected chi connectivity index (χ2v) is 8.53. The fraction of sp³-hybridized carbons (Fsp3) is 0.333. The van der Waals surface area contributed by atoms with Crippen LogP contribution in [-0.2, 0) is 0 Å². The Morgan fingerprint density at radius 2 is 1.79 bits per heavy atom. The van der Waals surface area contributed by atoms with E-state index in [1.54, 1.807) is 0 Å². The van der Waals surface area contributed by atoms with E-state index in [0.29, 0.717) is 19.0 Å². The lowest BCUT2D eigenvalue weighted by Gasteiger charge is -2.37. The molecule has 1 aliphatic carbocycles. The summed E-state index contributed by atoms with van der Waals surface area (Å²) in [7, 11) is 0. The van der Waals surface area contributed by atoms with Crippen LogP contribution in [0.3, 0.4) is 0 Å². The fourth-order valence-electron chi connectivity index (χ4n) is 4.21. The predicted molar refractivity (Wildman–Crippen MR) is 118 cm³/mol. The van der Waals surface area contributed by atoms with Gasteiger partial charge in [-0.2, -0.15) is 0 Å². The van der Waals surface area contributed by atoms with Gasteiger partial charge in [0.2, 0.25) is 0 Å². The van der Waals surface area contributed by atoms with Crippen LogP contribution in [0, 0.1) is 6.92 Å². The number of benzene rings is 2. The highest BCUT2D eigenvalue weighted by Gasteiger charge is 2.29. The summed E-state index contributed by atoms with van der Waals surface area (Å²) in [6.07, 6.45) is 2.35. The number of pyridine rings is 1. The number of carbonyl (C=O) groups excluding carboxylic acids is 1. The molecule has 3 aromatic rings. The van der Waals surface area contributed by atoms with Crippen molar-refractivity contribution in [3.63, 3.8) is 0 Å². The van der Waals surface area contributed by atoms with E-state index in [1.165, 1.54) is 18.4 Å². The Labute approximate surface area is 176 Å². The smallest absolute Gasteiger partial charge is 0.254 e. The van der Waals surface area contributed by atoms with Gasteiger partial charge in [0.15, 0.2) is 0 Å². The summed E-state index contributed by atoms with van der Waals surface area (Å²) in [4.78, 5) is 22.5. The number of carbonyl (C=O) groups is 1. The molecule has 1 aliphatic heterocycles. The molecule has 0 N–H and O–H groups in total. The third-order valence-electron chi connectivity index (χ3n) is 6.04. The lowest BCUT2D eigenvalue weighted by Crippen LogP contribution is -2.49. The summed E-state index contributed by atoms with van der Waals surface area (Å²) in [5.41, 5.74) is 5.16. The number of aryl methyl sites for hydroxylation is 1. The number of aromatic nitrogens is 1. The van der Waals surface area contributed by atoms with Crippen molar-refractivity contribution in [1.29, 1.82) is 0 Å². The fourth-order valence-corrected chi connectivity index (χ4v) is 4.37. The third kappa shape index (κ3) is 3.58. The molecule has 2 aliphatic rings. The highest BCUT2D eigenvalue weighted by atomic mass is 35.5. The Hall–Kier alpha value is -2.59. The molecule has 0 spiro atoms. The average molecular weight is 406 g/mol. The lowest BCUT2D eigenvalue weighted by atomic mass is 10.0. The number of fused-ring (bicyclic) bond motifs is 1. The van der Waals surface area contributed by atoms with E-state index in [9.17, 15) is 4.79 Å². The minimum Gasteiger partial charge on any atom is -0.368 e. The number of hydrogen-bond donors (Lipinski definition) is 0. The predicted octanol–water partition coefficient (Wildman–Crippen LogP) is 5.04. The first kappa shape index (κ1) is 18.4. The highest BCUT2D eigenvalue weighted by Crippen LogP contribution is 2.40. The number of hydrogen-bond acceptors (Lipinski definition) is 3. The molecule has 1 aromatic heterocycles. The molecule has 148 valence electrons. The maximum atomic E-state index is 13.4. The Bertz CT molecular complexity index is 1080. The first-order valence-corrected chi connectivity index (χ1v) is 10.7. The Morgan fingerprint density at radius 3 is 2.55 bits per heavy atom. The van der Waals surface area contributed by atoms with Crippen LogP contribution in [0.4, 0.5) is 5.69 Å². The molecule has 1 saturated carbocycles. The number of para-hydroxylation sites is 1. The minimum atomic E-state index is 0.118. The van der Waals surface area contributed by atoms with Gasteiger partial charge in [0.25, 0.3) is 5.91 Å². The summed E-state index contributed by atoms with van der Waals surface area (Å²) < 4.78 is 0. The van der Waals surface area contributed by atoms with Gasteiger partial charge in [0.05, 0.1) is 11.1 Å². The van der Waals surface area contributed by atoms with Crippen molar-refractivity contribution in [2.24, 2.45) is 0 Å². The van der Waals surface area contributed by atoms with Crippen molar-refractivity contribution in [2.75, 3.05) is 31.1 Å². The van der Waals surface area contributed by atoms with Crippen molar-refractivity contribution < 1.29 is 4.79 Å². The van der Waals surface area contributed by atoms with Gasteiger partial charge in [-0.1, -0.05) is 35.9 Å². The molecule has 2 aromatic carbocycles. The van der Waals surface area contributed by atoms with Crippen LogP contribution in [0.15, 0.2) is 48.5 Å². The zero-order valence-corrected chi connectivity index (χ0v) is 17.3. The summed E-state index contributed by atoms with van der Waals surface area (Å²) in [5, 5.41) is 1.70. The van der Waals surface area contributed by atoms with E-state index in [2.05, 4.69) is 17.9 Å². The zero-order chi connectivity index (χ0) is 20.0. The highest BCUT2D eigenvalue weighted by molar-refractivity contribution is 6.30. The summed E-state index contributed by atoms with van der Waals surface area (Å²) in [6, 6.07) is 16.0. The first-order valence-electron chi connectivity index (χ1n) is 10.3. The maximum Gasteiger partial charge on any atom is 0.254 e. The van der Waals surface area contributed by atoms with Crippen molar-refractivity contribution in [3.05, 3.63) is 70.4 Å². The van der Waals surface area contributed by atoms with E-state index >= 15 is 0 Å². The Kier molecular flexibility index (Phi) is 4.67. The van der Waals surface area contributed by atoms with Gasteiger partial charge in [-0.15, -0.1) is 0 Å². The molecule has 1 amide bonds.